The second kappa shape index (κ2) is 8.80. The van der Waals surface area contributed by atoms with Gasteiger partial charge in [-0.1, -0.05) is 68.5 Å². The van der Waals surface area contributed by atoms with Crippen LogP contribution in [0, 0.1) is 5.92 Å². The van der Waals surface area contributed by atoms with Gasteiger partial charge in [0, 0.05) is 5.56 Å². The van der Waals surface area contributed by atoms with Crippen LogP contribution in [-0.2, 0) is 4.79 Å². The van der Waals surface area contributed by atoms with E-state index in [4.69, 9.17) is 5.21 Å². The van der Waals surface area contributed by atoms with Gasteiger partial charge >= 0.3 is 0 Å². The molecule has 0 unspecified atom stereocenters. The molecule has 0 aromatic heterocycles. The van der Waals surface area contributed by atoms with Gasteiger partial charge in [-0.05, 0) is 29.2 Å². The maximum atomic E-state index is 12.3. The average molecular weight is 338 g/mol. The van der Waals surface area contributed by atoms with Crippen molar-refractivity contribution in [3.8, 4) is 0 Å². The quantitative estimate of drug-likeness (QED) is 0.430. The highest BCUT2D eigenvalue weighted by molar-refractivity contribution is 5.97. The number of hydroxylamine groups is 1. The SMILES string of the molecule is CC(C)[C@H](NC(=O)c1ccc(C=Cc2ccccc2)cc1)C(=O)NO. The Balaban J connectivity index is 2.04. The zero-order chi connectivity index (χ0) is 18.2. The van der Waals surface area contributed by atoms with Crippen LogP contribution in [0.4, 0.5) is 0 Å². The summed E-state index contributed by atoms with van der Waals surface area (Å²) in [5, 5.41) is 11.4. The Morgan fingerprint density at radius 1 is 0.920 bits per heavy atom. The zero-order valence-electron chi connectivity index (χ0n) is 14.3. The van der Waals surface area contributed by atoms with Crippen molar-refractivity contribution in [2.45, 2.75) is 19.9 Å². The molecule has 0 spiro atoms. The standard InChI is InChI=1S/C20H22N2O3/c1-14(2)18(20(24)22-25)21-19(23)17-12-10-16(11-13-17)9-8-15-6-4-3-5-7-15/h3-14,18,25H,1-2H3,(H,21,23)(H,22,24)/t18-/m0/s1. The lowest BCUT2D eigenvalue weighted by molar-refractivity contribution is -0.132. The van der Waals surface area contributed by atoms with Crippen LogP contribution in [0.2, 0.25) is 0 Å². The normalized spacial score (nSPS) is 12.2. The van der Waals surface area contributed by atoms with E-state index in [2.05, 4.69) is 5.32 Å². The van der Waals surface area contributed by atoms with Crippen molar-refractivity contribution in [1.82, 2.24) is 10.8 Å². The molecule has 0 aliphatic rings. The highest BCUT2D eigenvalue weighted by Crippen LogP contribution is 2.11. The van der Waals surface area contributed by atoms with Crippen molar-refractivity contribution in [3.63, 3.8) is 0 Å². The topological polar surface area (TPSA) is 78.4 Å². The highest BCUT2D eigenvalue weighted by atomic mass is 16.5. The molecular weight excluding hydrogens is 316 g/mol. The molecule has 3 N–H and O–H groups in total. The van der Waals surface area contributed by atoms with Gasteiger partial charge in [-0.3, -0.25) is 14.8 Å². The van der Waals surface area contributed by atoms with E-state index in [0.29, 0.717) is 5.56 Å². The van der Waals surface area contributed by atoms with Gasteiger partial charge in [0.2, 0.25) is 0 Å². The molecule has 130 valence electrons. The highest BCUT2D eigenvalue weighted by Gasteiger charge is 2.24. The summed E-state index contributed by atoms with van der Waals surface area (Å²) in [6.07, 6.45) is 3.96. The predicted octanol–water partition coefficient (Wildman–Crippen LogP) is 3.12. The van der Waals surface area contributed by atoms with Crippen LogP contribution in [0.15, 0.2) is 54.6 Å². The number of hydrogen-bond acceptors (Lipinski definition) is 3. The third-order valence-electron chi connectivity index (χ3n) is 3.79. The summed E-state index contributed by atoms with van der Waals surface area (Å²) in [5.74, 6) is -1.14. The van der Waals surface area contributed by atoms with Gasteiger partial charge in [0.1, 0.15) is 6.04 Å². The molecule has 0 bridgehead atoms. The van der Waals surface area contributed by atoms with Crippen molar-refractivity contribution < 1.29 is 14.8 Å². The van der Waals surface area contributed by atoms with E-state index in [1.54, 1.807) is 31.5 Å². The number of carbonyl (C=O) groups is 2. The predicted molar refractivity (Wildman–Crippen MR) is 97.8 cm³/mol. The van der Waals surface area contributed by atoms with Crippen LogP contribution < -0.4 is 10.8 Å². The first kappa shape index (κ1) is 18.4. The minimum Gasteiger partial charge on any atom is -0.340 e. The van der Waals surface area contributed by atoms with Crippen LogP contribution in [0.3, 0.4) is 0 Å². The number of amides is 2. The van der Waals surface area contributed by atoms with Gasteiger partial charge in [0.15, 0.2) is 0 Å². The minimum absolute atomic E-state index is 0.149. The Hall–Kier alpha value is -2.92. The molecule has 0 radical (unpaired) electrons. The van der Waals surface area contributed by atoms with E-state index >= 15 is 0 Å². The van der Waals surface area contributed by atoms with Crippen molar-refractivity contribution in [1.29, 1.82) is 0 Å². The maximum Gasteiger partial charge on any atom is 0.266 e. The van der Waals surface area contributed by atoms with Gasteiger partial charge in [0.25, 0.3) is 11.8 Å². The van der Waals surface area contributed by atoms with Gasteiger partial charge in [-0.25, -0.2) is 5.48 Å². The first-order valence-corrected chi connectivity index (χ1v) is 8.09. The van der Waals surface area contributed by atoms with Crippen LogP contribution in [0.1, 0.15) is 35.3 Å². The van der Waals surface area contributed by atoms with Crippen molar-refractivity contribution in [2.24, 2.45) is 5.92 Å². The first-order valence-electron chi connectivity index (χ1n) is 8.09. The monoisotopic (exact) mass is 338 g/mol. The number of rotatable bonds is 6. The van der Waals surface area contributed by atoms with E-state index < -0.39 is 11.9 Å². The van der Waals surface area contributed by atoms with E-state index in [1.165, 1.54) is 0 Å². The zero-order valence-corrected chi connectivity index (χ0v) is 14.3. The van der Waals surface area contributed by atoms with Crippen LogP contribution in [0.25, 0.3) is 12.2 Å². The van der Waals surface area contributed by atoms with Crippen molar-refractivity contribution in [2.75, 3.05) is 0 Å². The minimum atomic E-state index is -0.796. The lowest BCUT2D eigenvalue weighted by Crippen LogP contribution is -2.48. The fourth-order valence-corrected chi connectivity index (χ4v) is 2.33. The van der Waals surface area contributed by atoms with Crippen molar-refractivity contribution in [3.05, 3.63) is 71.3 Å². The Morgan fingerprint density at radius 3 is 2.00 bits per heavy atom. The Morgan fingerprint density at radius 2 is 1.48 bits per heavy atom. The third-order valence-corrected chi connectivity index (χ3v) is 3.79. The lowest BCUT2D eigenvalue weighted by atomic mass is 10.0. The summed E-state index contributed by atoms with van der Waals surface area (Å²) >= 11 is 0. The van der Waals surface area contributed by atoms with Gasteiger partial charge in [-0.2, -0.15) is 0 Å². The van der Waals surface area contributed by atoms with Crippen molar-refractivity contribution >= 4 is 24.0 Å². The van der Waals surface area contributed by atoms with E-state index in [9.17, 15) is 9.59 Å². The molecule has 0 aliphatic carbocycles. The van der Waals surface area contributed by atoms with Gasteiger partial charge in [0.05, 0.1) is 0 Å². The molecule has 5 heteroatoms. The number of hydrogen-bond donors (Lipinski definition) is 3. The summed E-state index contributed by atoms with van der Waals surface area (Å²) in [6, 6.07) is 16.2. The largest absolute Gasteiger partial charge is 0.340 e. The molecule has 0 saturated carbocycles. The van der Waals surface area contributed by atoms with E-state index in [-0.39, 0.29) is 11.8 Å². The summed E-state index contributed by atoms with van der Waals surface area (Å²) in [6.45, 7) is 3.58. The summed E-state index contributed by atoms with van der Waals surface area (Å²) in [7, 11) is 0. The number of benzene rings is 2. The summed E-state index contributed by atoms with van der Waals surface area (Å²) in [5.41, 5.74) is 4.10. The molecule has 25 heavy (non-hydrogen) atoms. The maximum absolute atomic E-state index is 12.3. The fourth-order valence-electron chi connectivity index (χ4n) is 2.33. The molecule has 2 rings (SSSR count). The Labute approximate surface area is 147 Å². The summed E-state index contributed by atoms with van der Waals surface area (Å²) in [4.78, 5) is 23.9. The lowest BCUT2D eigenvalue weighted by Gasteiger charge is -2.20. The Bertz CT molecular complexity index is 737. The smallest absolute Gasteiger partial charge is 0.266 e. The molecule has 2 aromatic rings. The fraction of sp³-hybridized carbons (Fsp3) is 0.200. The van der Waals surface area contributed by atoms with E-state index in [0.717, 1.165) is 11.1 Å². The molecule has 0 saturated heterocycles. The van der Waals surface area contributed by atoms with Gasteiger partial charge in [-0.15, -0.1) is 0 Å². The second-order valence-corrected chi connectivity index (χ2v) is 6.04. The summed E-state index contributed by atoms with van der Waals surface area (Å²) < 4.78 is 0. The molecule has 5 nitrogen and oxygen atoms in total. The number of carbonyl (C=O) groups excluding carboxylic acids is 2. The van der Waals surface area contributed by atoms with Crippen LogP contribution in [-0.4, -0.2) is 23.1 Å². The molecule has 0 heterocycles. The second-order valence-electron chi connectivity index (χ2n) is 6.04. The van der Waals surface area contributed by atoms with Crippen LogP contribution in [0.5, 0.6) is 0 Å². The molecule has 1 atom stereocenters. The Kier molecular flexibility index (Phi) is 6.48. The van der Waals surface area contributed by atoms with Crippen LogP contribution >= 0.6 is 0 Å². The molecule has 2 amide bonds. The van der Waals surface area contributed by atoms with E-state index in [1.807, 2.05) is 54.6 Å². The number of nitrogens with one attached hydrogen (secondary N) is 2. The molecule has 0 fully saturated rings. The van der Waals surface area contributed by atoms with Gasteiger partial charge < -0.3 is 5.32 Å². The average Bonchev–Trinajstić information content (AvgIpc) is 2.64. The molecule has 0 aliphatic heterocycles. The molecule has 2 aromatic carbocycles. The first-order chi connectivity index (χ1) is 12.0. The molecular formula is C20H22N2O3. The third kappa shape index (κ3) is 5.29.